The minimum atomic E-state index is -3.31. The second kappa shape index (κ2) is 8.09. The lowest BCUT2D eigenvalue weighted by atomic mass is 9.97. The van der Waals surface area contributed by atoms with Gasteiger partial charge < -0.3 is 5.32 Å². The summed E-state index contributed by atoms with van der Waals surface area (Å²) in [6.07, 6.45) is 3.94. The molecule has 0 aromatic heterocycles. The Hall–Kier alpha value is -1.40. The van der Waals surface area contributed by atoms with Crippen LogP contribution in [0.1, 0.15) is 76.0 Å². The van der Waals surface area contributed by atoms with Gasteiger partial charge in [0, 0.05) is 18.7 Å². The van der Waals surface area contributed by atoms with Crippen LogP contribution >= 0.6 is 0 Å². The minimum absolute atomic E-state index is 0.0194. The maximum absolute atomic E-state index is 12.2. The third kappa shape index (κ3) is 5.07. The van der Waals surface area contributed by atoms with Gasteiger partial charge >= 0.3 is 0 Å². The number of amides is 1. The summed E-state index contributed by atoms with van der Waals surface area (Å²) in [7, 11) is -3.31. The summed E-state index contributed by atoms with van der Waals surface area (Å²) in [5.74, 6) is 0.584. The van der Waals surface area contributed by atoms with E-state index in [-0.39, 0.29) is 5.91 Å². The number of carbonyl (C=O) groups is 1. The van der Waals surface area contributed by atoms with Crippen molar-refractivity contribution in [3.63, 3.8) is 0 Å². The first kappa shape index (κ1) is 20.9. The number of sulfonamides is 1. The number of hydrogen-bond acceptors (Lipinski definition) is 3. The van der Waals surface area contributed by atoms with Crippen LogP contribution in [0.2, 0.25) is 0 Å². The third-order valence-electron chi connectivity index (χ3n) is 5.02. The highest BCUT2D eigenvalue weighted by Crippen LogP contribution is 2.36. The predicted octanol–water partition coefficient (Wildman–Crippen LogP) is 3.87. The zero-order valence-electron chi connectivity index (χ0n) is 16.6. The second-order valence-electron chi connectivity index (χ2n) is 8.32. The molecular formula is C20H32N2O3S. The highest BCUT2D eigenvalue weighted by molar-refractivity contribution is 7.90. The Morgan fingerprint density at radius 1 is 1.23 bits per heavy atom. The molecule has 1 aliphatic rings. The Morgan fingerprint density at radius 3 is 2.58 bits per heavy atom. The molecule has 1 aromatic rings. The van der Waals surface area contributed by atoms with Crippen LogP contribution in [0.25, 0.3) is 0 Å². The van der Waals surface area contributed by atoms with Crippen molar-refractivity contribution in [3.8, 4) is 0 Å². The average Bonchev–Trinajstić information content (AvgIpc) is 2.87. The molecule has 6 heteroatoms. The van der Waals surface area contributed by atoms with E-state index in [1.165, 1.54) is 23.1 Å². The van der Waals surface area contributed by atoms with E-state index in [1.54, 1.807) is 20.8 Å². The quantitative estimate of drug-likeness (QED) is 0.705. The fraction of sp³-hybridized carbons (Fsp3) is 0.650. The number of nitrogens with one attached hydrogen (secondary N) is 2. The Bertz CT molecular complexity index is 764. The van der Waals surface area contributed by atoms with Gasteiger partial charge in [0.1, 0.15) is 0 Å². The molecule has 0 spiro atoms. The van der Waals surface area contributed by atoms with Gasteiger partial charge in [-0.15, -0.1) is 0 Å². The van der Waals surface area contributed by atoms with E-state index in [1.807, 2.05) is 0 Å². The van der Waals surface area contributed by atoms with E-state index in [0.29, 0.717) is 31.7 Å². The van der Waals surface area contributed by atoms with E-state index in [4.69, 9.17) is 0 Å². The number of unbranched alkanes of at least 4 members (excludes halogenated alkanes) is 1. The van der Waals surface area contributed by atoms with Crippen molar-refractivity contribution >= 4 is 21.6 Å². The largest absolute Gasteiger partial charge is 0.326 e. The van der Waals surface area contributed by atoms with Crippen molar-refractivity contribution in [2.75, 3.05) is 11.9 Å². The van der Waals surface area contributed by atoms with Crippen LogP contribution < -0.4 is 10.0 Å². The molecule has 5 nitrogen and oxygen atoms in total. The molecule has 0 radical (unpaired) electrons. The second-order valence-corrected chi connectivity index (χ2v) is 10.8. The summed E-state index contributed by atoms with van der Waals surface area (Å²) < 4.78 is 25.7. The first-order chi connectivity index (χ1) is 12.0. The van der Waals surface area contributed by atoms with Crippen LogP contribution in [0, 0.1) is 6.92 Å². The molecular weight excluding hydrogens is 348 g/mol. The molecule has 0 saturated carbocycles. The van der Waals surface area contributed by atoms with E-state index < -0.39 is 14.8 Å². The van der Waals surface area contributed by atoms with Gasteiger partial charge in [-0.3, -0.25) is 4.79 Å². The van der Waals surface area contributed by atoms with Gasteiger partial charge in [0.2, 0.25) is 15.9 Å². The molecule has 1 aliphatic carbocycles. The number of anilines is 1. The molecule has 0 saturated heterocycles. The summed E-state index contributed by atoms with van der Waals surface area (Å²) >= 11 is 0. The van der Waals surface area contributed by atoms with Crippen LogP contribution in [0.5, 0.6) is 0 Å². The number of hydrogen-bond donors (Lipinski definition) is 2. The Morgan fingerprint density at radius 2 is 1.92 bits per heavy atom. The van der Waals surface area contributed by atoms with E-state index in [9.17, 15) is 13.2 Å². The van der Waals surface area contributed by atoms with Gasteiger partial charge in [0.25, 0.3) is 0 Å². The fourth-order valence-electron chi connectivity index (χ4n) is 3.43. The van der Waals surface area contributed by atoms with E-state index in [2.05, 4.69) is 36.0 Å². The number of benzene rings is 1. The van der Waals surface area contributed by atoms with Crippen molar-refractivity contribution in [3.05, 3.63) is 28.8 Å². The van der Waals surface area contributed by atoms with Gasteiger partial charge in [0.15, 0.2) is 0 Å². The van der Waals surface area contributed by atoms with Crippen molar-refractivity contribution in [1.29, 1.82) is 0 Å². The molecule has 146 valence electrons. The third-order valence-corrected chi connectivity index (χ3v) is 7.22. The Labute approximate surface area is 158 Å². The van der Waals surface area contributed by atoms with Crippen molar-refractivity contribution in [2.45, 2.75) is 77.4 Å². The zero-order chi connectivity index (χ0) is 19.5. The topological polar surface area (TPSA) is 75.3 Å². The lowest BCUT2D eigenvalue weighted by Gasteiger charge is -2.19. The van der Waals surface area contributed by atoms with Crippen LogP contribution in [-0.2, 0) is 21.2 Å². The maximum atomic E-state index is 12.2. The van der Waals surface area contributed by atoms with Crippen molar-refractivity contribution in [1.82, 2.24) is 4.72 Å². The normalized spacial score (nSPS) is 17.2. The molecule has 0 aliphatic heterocycles. The van der Waals surface area contributed by atoms with Crippen LogP contribution in [0.15, 0.2) is 12.1 Å². The predicted molar refractivity (Wildman–Crippen MR) is 107 cm³/mol. The summed E-state index contributed by atoms with van der Waals surface area (Å²) in [5.41, 5.74) is 4.91. The molecule has 26 heavy (non-hydrogen) atoms. The zero-order valence-corrected chi connectivity index (χ0v) is 17.4. The fourth-order valence-corrected chi connectivity index (χ4v) is 4.28. The van der Waals surface area contributed by atoms with Crippen LogP contribution in [0.3, 0.4) is 0 Å². The first-order valence-electron chi connectivity index (χ1n) is 9.44. The minimum Gasteiger partial charge on any atom is -0.326 e. The smallest absolute Gasteiger partial charge is 0.224 e. The van der Waals surface area contributed by atoms with Crippen LogP contribution in [0.4, 0.5) is 5.69 Å². The molecule has 1 aromatic carbocycles. The van der Waals surface area contributed by atoms with Gasteiger partial charge in [-0.2, -0.15) is 0 Å². The summed E-state index contributed by atoms with van der Waals surface area (Å²) in [6.45, 7) is 9.73. The van der Waals surface area contributed by atoms with Gasteiger partial charge in [-0.25, -0.2) is 13.1 Å². The molecule has 2 N–H and O–H groups in total. The molecule has 0 bridgehead atoms. The number of carbonyl (C=O) groups excluding carboxylic acids is 1. The highest BCUT2D eigenvalue weighted by atomic mass is 32.2. The number of aryl methyl sites for hydroxylation is 2. The first-order valence-corrected chi connectivity index (χ1v) is 10.9. The Kier molecular flexibility index (Phi) is 6.51. The molecule has 1 amide bonds. The molecule has 0 heterocycles. The summed E-state index contributed by atoms with van der Waals surface area (Å²) in [4.78, 5) is 12.2. The monoisotopic (exact) mass is 380 g/mol. The Balaban J connectivity index is 1.77. The van der Waals surface area contributed by atoms with Crippen molar-refractivity contribution < 1.29 is 13.2 Å². The van der Waals surface area contributed by atoms with Gasteiger partial charge in [0.05, 0.1) is 4.75 Å². The lowest BCUT2D eigenvalue weighted by molar-refractivity contribution is -0.116. The number of fused-ring (bicyclic) bond motifs is 1. The van der Waals surface area contributed by atoms with E-state index >= 15 is 0 Å². The van der Waals surface area contributed by atoms with Crippen LogP contribution in [-0.4, -0.2) is 25.6 Å². The van der Waals surface area contributed by atoms with Gasteiger partial charge in [-0.1, -0.05) is 6.92 Å². The summed E-state index contributed by atoms with van der Waals surface area (Å²) in [5, 5.41) is 2.98. The van der Waals surface area contributed by atoms with E-state index in [0.717, 1.165) is 12.1 Å². The molecule has 0 fully saturated rings. The standard InChI is InChI=1S/C20H32N2O3S/c1-14-9-10-16-13-17(12-15(2)19(14)16)22-18(23)8-6-7-11-21-26(24,25)20(3,4)5/h12-14,21H,6-11H2,1-5H3,(H,22,23). The molecule has 1 atom stereocenters. The highest BCUT2D eigenvalue weighted by Gasteiger charge is 2.28. The summed E-state index contributed by atoms with van der Waals surface area (Å²) in [6, 6.07) is 4.15. The average molecular weight is 381 g/mol. The number of rotatable bonds is 7. The van der Waals surface area contributed by atoms with Gasteiger partial charge in [-0.05, 0) is 88.1 Å². The molecule has 1 unspecified atom stereocenters. The van der Waals surface area contributed by atoms with Crippen molar-refractivity contribution in [2.24, 2.45) is 0 Å². The lowest BCUT2D eigenvalue weighted by Crippen LogP contribution is -2.39. The molecule has 2 rings (SSSR count). The SMILES string of the molecule is Cc1cc(NC(=O)CCCCNS(=O)(=O)C(C)(C)C)cc2c1C(C)CC2. The maximum Gasteiger partial charge on any atom is 0.224 e.